The lowest BCUT2D eigenvalue weighted by molar-refractivity contribution is 0.403. The predicted molar refractivity (Wildman–Crippen MR) is 63.6 cm³/mol. The number of hydrogen-bond donors (Lipinski definition) is 0. The Kier molecular flexibility index (Phi) is 4.22. The Bertz CT molecular complexity index is 307. The van der Waals surface area contributed by atoms with Gasteiger partial charge in [-0.25, -0.2) is 0 Å². The molecule has 1 aromatic rings. The molecule has 0 saturated carbocycles. The summed E-state index contributed by atoms with van der Waals surface area (Å²) in [7, 11) is 0. The fourth-order valence-corrected chi connectivity index (χ4v) is 1.90. The molecule has 1 rings (SSSR count). The van der Waals surface area contributed by atoms with Crippen LogP contribution in [0.25, 0.3) is 0 Å². The summed E-state index contributed by atoms with van der Waals surface area (Å²) in [5, 5.41) is 8.16. The highest BCUT2D eigenvalue weighted by molar-refractivity contribution is 5.18. The van der Waals surface area contributed by atoms with Gasteiger partial charge >= 0.3 is 0 Å². The molecule has 0 aliphatic carbocycles. The van der Waals surface area contributed by atoms with Gasteiger partial charge in [-0.1, -0.05) is 19.1 Å². The summed E-state index contributed by atoms with van der Waals surface area (Å²) in [5.74, 6) is 0. The molecule has 1 heterocycles. The van der Waals surface area contributed by atoms with Crippen LogP contribution in [0.15, 0.2) is 43.6 Å². The van der Waals surface area contributed by atoms with E-state index < -0.39 is 0 Å². The fraction of sp³-hybridized carbons (Fsp3) is 0.385. The summed E-state index contributed by atoms with van der Waals surface area (Å²) in [4.78, 5) is 0. The number of hydrogen-bond acceptors (Lipinski definition) is 2. The molecule has 0 radical (unpaired) electrons. The van der Waals surface area contributed by atoms with Gasteiger partial charge in [-0.15, -0.1) is 13.2 Å². The average Bonchev–Trinajstić information content (AvgIpc) is 2.30. The maximum absolute atomic E-state index is 4.21. The largest absolute Gasteiger partial charge is 0.159 e. The van der Waals surface area contributed by atoms with E-state index in [2.05, 4.69) is 30.3 Å². The van der Waals surface area contributed by atoms with Crippen LogP contribution in [0.1, 0.15) is 31.9 Å². The summed E-state index contributed by atoms with van der Waals surface area (Å²) < 4.78 is 0. The van der Waals surface area contributed by atoms with Gasteiger partial charge in [0.25, 0.3) is 0 Å². The first-order valence-corrected chi connectivity index (χ1v) is 5.29. The molecule has 0 unspecified atom stereocenters. The molecule has 0 N–H and O–H groups in total. The van der Waals surface area contributed by atoms with Crippen LogP contribution in [0.2, 0.25) is 0 Å². The van der Waals surface area contributed by atoms with Crippen molar-refractivity contribution in [1.29, 1.82) is 0 Å². The van der Waals surface area contributed by atoms with Crippen molar-refractivity contribution in [2.24, 2.45) is 0 Å². The van der Waals surface area contributed by atoms with Gasteiger partial charge in [0, 0.05) is 11.6 Å². The molecule has 1 aromatic heterocycles. The molecule has 0 aliphatic heterocycles. The second kappa shape index (κ2) is 5.44. The highest BCUT2D eigenvalue weighted by atomic mass is 15.1. The molecule has 0 amide bonds. The molecule has 0 spiro atoms. The van der Waals surface area contributed by atoms with Crippen LogP contribution in [0, 0.1) is 0 Å². The zero-order valence-corrected chi connectivity index (χ0v) is 9.32. The van der Waals surface area contributed by atoms with Crippen LogP contribution in [-0.2, 0) is 5.41 Å². The Morgan fingerprint density at radius 3 is 2.40 bits per heavy atom. The molecule has 15 heavy (non-hydrogen) atoms. The third-order valence-corrected chi connectivity index (χ3v) is 2.86. The lowest BCUT2D eigenvalue weighted by Gasteiger charge is -2.29. The highest BCUT2D eigenvalue weighted by Gasteiger charge is 2.29. The first-order valence-electron chi connectivity index (χ1n) is 5.29. The molecule has 80 valence electrons. The fourth-order valence-electron chi connectivity index (χ4n) is 1.90. The zero-order valence-electron chi connectivity index (χ0n) is 9.32. The molecule has 0 saturated heterocycles. The van der Waals surface area contributed by atoms with Crippen molar-refractivity contribution in [2.45, 2.75) is 31.6 Å². The SMILES string of the molecule is C=CCC(CC)(CC=C)c1cccnn1. The molecule has 2 heteroatoms. The van der Waals surface area contributed by atoms with E-state index in [1.165, 1.54) is 0 Å². The summed E-state index contributed by atoms with van der Waals surface area (Å²) in [6.07, 6.45) is 8.43. The second-order valence-electron chi connectivity index (χ2n) is 3.73. The normalized spacial score (nSPS) is 11.0. The van der Waals surface area contributed by atoms with Crippen molar-refractivity contribution in [3.63, 3.8) is 0 Å². The van der Waals surface area contributed by atoms with Gasteiger partial charge in [0.1, 0.15) is 0 Å². The maximum Gasteiger partial charge on any atom is 0.0698 e. The summed E-state index contributed by atoms with van der Waals surface area (Å²) in [6.45, 7) is 9.81. The highest BCUT2D eigenvalue weighted by Crippen LogP contribution is 2.34. The van der Waals surface area contributed by atoms with Crippen LogP contribution in [-0.4, -0.2) is 10.2 Å². The molecule has 0 atom stereocenters. The monoisotopic (exact) mass is 202 g/mol. The number of allylic oxidation sites excluding steroid dienone is 2. The van der Waals surface area contributed by atoms with Gasteiger partial charge in [0.15, 0.2) is 0 Å². The third-order valence-electron chi connectivity index (χ3n) is 2.86. The Morgan fingerprint density at radius 1 is 1.33 bits per heavy atom. The summed E-state index contributed by atoms with van der Waals surface area (Å²) in [6, 6.07) is 3.96. The smallest absolute Gasteiger partial charge is 0.0698 e. The minimum absolute atomic E-state index is 0.0256. The molecule has 0 aromatic carbocycles. The van der Waals surface area contributed by atoms with E-state index in [9.17, 15) is 0 Å². The van der Waals surface area contributed by atoms with Crippen LogP contribution in [0.4, 0.5) is 0 Å². The van der Waals surface area contributed by atoms with Crippen molar-refractivity contribution < 1.29 is 0 Å². The van der Waals surface area contributed by atoms with Crippen LogP contribution >= 0.6 is 0 Å². The van der Waals surface area contributed by atoms with Gasteiger partial charge < -0.3 is 0 Å². The Morgan fingerprint density at radius 2 is 2.00 bits per heavy atom. The topological polar surface area (TPSA) is 25.8 Å². The Labute approximate surface area is 91.7 Å². The van der Waals surface area contributed by atoms with Crippen molar-refractivity contribution in [3.05, 3.63) is 49.3 Å². The van der Waals surface area contributed by atoms with E-state index in [1.807, 2.05) is 24.3 Å². The number of rotatable bonds is 6. The first-order chi connectivity index (χ1) is 7.29. The lowest BCUT2D eigenvalue weighted by Crippen LogP contribution is -2.25. The predicted octanol–water partition coefficient (Wildman–Crippen LogP) is 3.28. The zero-order chi connectivity index (χ0) is 11.1. The van der Waals surface area contributed by atoms with Gasteiger partial charge in [0.05, 0.1) is 5.69 Å². The minimum atomic E-state index is 0.0256. The third kappa shape index (κ3) is 2.52. The second-order valence-corrected chi connectivity index (χ2v) is 3.73. The summed E-state index contributed by atoms with van der Waals surface area (Å²) in [5.41, 5.74) is 1.06. The van der Waals surface area contributed by atoms with E-state index in [0.29, 0.717) is 0 Å². The molecule has 2 nitrogen and oxygen atoms in total. The van der Waals surface area contributed by atoms with Gasteiger partial charge in [0.2, 0.25) is 0 Å². The van der Waals surface area contributed by atoms with E-state index in [0.717, 1.165) is 25.0 Å². The molecular formula is C13H18N2. The van der Waals surface area contributed by atoms with E-state index in [1.54, 1.807) is 6.20 Å². The van der Waals surface area contributed by atoms with Gasteiger partial charge in [-0.2, -0.15) is 10.2 Å². The Hall–Kier alpha value is -1.44. The number of nitrogens with zero attached hydrogens (tertiary/aromatic N) is 2. The minimum Gasteiger partial charge on any atom is -0.159 e. The van der Waals surface area contributed by atoms with Gasteiger partial charge in [-0.05, 0) is 31.4 Å². The van der Waals surface area contributed by atoms with Gasteiger partial charge in [-0.3, -0.25) is 0 Å². The van der Waals surface area contributed by atoms with Crippen LogP contribution < -0.4 is 0 Å². The maximum atomic E-state index is 4.21. The van der Waals surface area contributed by atoms with E-state index >= 15 is 0 Å². The quantitative estimate of drug-likeness (QED) is 0.662. The van der Waals surface area contributed by atoms with Crippen molar-refractivity contribution in [1.82, 2.24) is 10.2 Å². The van der Waals surface area contributed by atoms with Crippen molar-refractivity contribution in [3.8, 4) is 0 Å². The van der Waals surface area contributed by atoms with Crippen LogP contribution in [0.5, 0.6) is 0 Å². The molecule has 0 fully saturated rings. The molecular weight excluding hydrogens is 184 g/mol. The van der Waals surface area contributed by atoms with E-state index in [-0.39, 0.29) is 5.41 Å². The summed E-state index contributed by atoms with van der Waals surface area (Å²) >= 11 is 0. The average molecular weight is 202 g/mol. The standard InChI is InChI=1S/C13H18N2/c1-4-9-13(6-3,10-5-2)12-8-7-11-14-15-12/h4-5,7-8,11H,1-2,6,9-10H2,3H3. The lowest BCUT2D eigenvalue weighted by atomic mass is 9.75. The van der Waals surface area contributed by atoms with Crippen molar-refractivity contribution >= 4 is 0 Å². The first kappa shape index (κ1) is 11.6. The Balaban J connectivity index is 3.07. The molecule has 0 bridgehead atoms. The van der Waals surface area contributed by atoms with E-state index in [4.69, 9.17) is 0 Å². The van der Waals surface area contributed by atoms with Crippen molar-refractivity contribution in [2.75, 3.05) is 0 Å². The molecule has 0 aliphatic rings. The number of aromatic nitrogens is 2. The van der Waals surface area contributed by atoms with Crippen LogP contribution in [0.3, 0.4) is 0 Å².